The van der Waals surface area contributed by atoms with Gasteiger partial charge in [-0.05, 0) is 48.6 Å². The van der Waals surface area contributed by atoms with Gasteiger partial charge in [-0.25, -0.2) is 0 Å². The molecule has 0 saturated heterocycles. The molecule has 0 fully saturated rings. The van der Waals surface area contributed by atoms with Crippen molar-refractivity contribution >= 4 is 29.2 Å². The first kappa shape index (κ1) is 19.0. The van der Waals surface area contributed by atoms with E-state index in [1.807, 2.05) is 37.5 Å². The van der Waals surface area contributed by atoms with Crippen LogP contribution in [-0.4, -0.2) is 16.0 Å². The Hall–Kier alpha value is -3.30. The number of ether oxygens (including phenoxy) is 1. The molecule has 1 unspecified atom stereocenters. The van der Waals surface area contributed by atoms with E-state index in [2.05, 4.69) is 16.5 Å². The van der Waals surface area contributed by atoms with Gasteiger partial charge in [0.1, 0.15) is 11.9 Å². The monoisotopic (exact) mass is 405 g/mol. The highest BCUT2D eigenvalue weighted by molar-refractivity contribution is 6.32. The molecule has 0 spiro atoms. The highest BCUT2D eigenvalue weighted by Gasteiger charge is 2.23. The molecule has 1 atom stereocenters. The molecular formula is C22H20ClN5O. The quantitative estimate of drug-likeness (QED) is 0.575. The van der Waals surface area contributed by atoms with Crippen molar-refractivity contribution in [2.24, 2.45) is 7.05 Å². The third-order valence-corrected chi connectivity index (χ3v) is 5.34. The van der Waals surface area contributed by atoms with Gasteiger partial charge in [-0.15, -0.1) is 0 Å². The maximum atomic E-state index is 9.15. The Morgan fingerprint density at radius 3 is 2.97 bits per heavy atom. The second kappa shape index (κ2) is 7.98. The van der Waals surface area contributed by atoms with Gasteiger partial charge < -0.3 is 15.5 Å². The Morgan fingerprint density at radius 2 is 2.24 bits per heavy atom. The lowest BCUT2D eigenvalue weighted by Gasteiger charge is -2.27. The summed E-state index contributed by atoms with van der Waals surface area (Å²) < 4.78 is 8.02. The van der Waals surface area contributed by atoms with Crippen LogP contribution in [0.2, 0.25) is 5.02 Å². The Morgan fingerprint density at radius 1 is 1.38 bits per heavy atom. The van der Waals surface area contributed by atoms with Gasteiger partial charge >= 0.3 is 0 Å². The lowest BCUT2D eigenvalue weighted by atomic mass is 9.88. The maximum absolute atomic E-state index is 9.15. The second-order valence-electron chi connectivity index (χ2n) is 7.07. The summed E-state index contributed by atoms with van der Waals surface area (Å²) >= 11 is 6.47. The summed E-state index contributed by atoms with van der Waals surface area (Å²) in [5.74, 6) is 0.561. The van der Waals surface area contributed by atoms with Crippen LogP contribution in [0.1, 0.15) is 41.2 Å². The van der Waals surface area contributed by atoms with E-state index < -0.39 is 0 Å². The molecule has 7 heteroatoms. The third-order valence-electron chi connectivity index (χ3n) is 5.04. The molecule has 1 aliphatic rings. The van der Waals surface area contributed by atoms with Crippen LogP contribution < -0.4 is 10.1 Å². The molecule has 0 saturated carbocycles. The summed E-state index contributed by atoms with van der Waals surface area (Å²) in [5, 5.41) is 24.7. The van der Waals surface area contributed by atoms with Crippen molar-refractivity contribution in [2.45, 2.75) is 25.4 Å². The number of nitrogens with one attached hydrogen (secondary N) is 2. The summed E-state index contributed by atoms with van der Waals surface area (Å²) in [7, 11) is 1.84. The van der Waals surface area contributed by atoms with Crippen LogP contribution in [0, 0.1) is 16.7 Å². The Bertz CT molecular complexity index is 1110. The second-order valence-corrected chi connectivity index (χ2v) is 7.47. The molecule has 2 N–H and O–H groups in total. The molecule has 29 heavy (non-hydrogen) atoms. The number of nitrogens with zero attached hydrogens (tertiary/aromatic N) is 3. The van der Waals surface area contributed by atoms with Crippen LogP contribution in [0.25, 0.3) is 0 Å². The van der Waals surface area contributed by atoms with E-state index in [1.54, 1.807) is 16.9 Å². The van der Waals surface area contributed by atoms with Crippen LogP contribution in [0.5, 0.6) is 5.75 Å². The van der Waals surface area contributed by atoms with Gasteiger partial charge in [0.15, 0.2) is 0 Å². The number of aromatic nitrogens is 2. The van der Waals surface area contributed by atoms with Crippen LogP contribution >= 0.6 is 11.6 Å². The molecule has 2 aromatic carbocycles. The molecule has 0 aliphatic heterocycles. The molecule has 146 valence electrons. The van der Waals surface area contributed by atoms with Gasteiger partial charge in [0.05, 0.1) is 34.2 Å². The minimum Gasteiger partial charge on any atom is -0.484 e. The predicted octanol–water partition coefficient (Wildman–Crippen LogP) is 5.14. The highest BCUT2D eigenvalue weighted by atomic mass is 35.5. The van der Waals surface area contributed by atoms with Gasteiger partial charge in [-0.1, -0.05) is 17.7 Å². The van der Waals surface area contributed by atoms with Gasteiger partial charge in [0.2, 0.25) is 0 Å². The topological polar surface area (TPSA) is 86.7 Å². The van der Waals surface area contributed by atoms with Crippen molar-refractivity contribution < 1.29 is 4.74 Å². The minimum absolute atomic E-state index is 0.124. The molecule has 1 aliphatic carbocycles. The van der Waals surface area contributed by atoms with E-state index in [0.717, 1.165) is 41.8 Å². The fraction of sp³-hybridized carbons (Fsp3) is 0.227. The smallest absolute Gasteiger partial charge is 0.140 e. The summed E-state index contributed by atoms with van der Waals surface area (Å²) in [5.41, 5.74) is 5.12. The summed E-state index contributed by atoms with van der Waals surface area (Å²) in [6, 6.07) is 11.5. The highest BCUT2D eigenvalue weighted by Crippen LogP contribution is 2.39. The summed E-state index contributed by atoms with van der Waals surface area (Å²) in [6.07, 6.45) is 7.52. The number of anilines is 2. The zero-order valence-corrected chi connectivity index (χ0v) is 16.7. The molecule has 0 radical (unpaired) electrons. The van der Waals surface area contributed by atoms with Gasteiger partial charge in [0.25, 0.3) is 0 Å². The van der Waals surface area contributed by atoms with E-state index in [-0.39, 0.29) is 6.10 Å². The molecule has 4 rings (SSSR count). The molecule has 1 aromatic heterocycles. The van der Waals surface area contributed by atoms with Crippen molar-refractivity contribution in [3.8, 4) is 11.8 Å². The number of nitriles is 1. The summed E-state index contributed by atoms with van der Waals surface area (Å²) in [4.78, 5) is 0. The number of rotatable bonds is 5. The molecule has 3 aromatic rings. The van der Waals surface area contributed by atoms with Crippen molar-refractivity contribution in [2.75, 3.05) is 5.32 Å². The van der Waals surface area contributed by atoms with E-state index in [4.69, 9.17) is 27.0 Å². The van der Waals surface area contributed by atoms with Crippen molar-refractivity contribution in [3.05, 3.63) is 70.0 Å². The van der Waals surface area contributed by atoms with Crippen molar-refractivity contribution in [1.29, 1.82) is 10.7 Å². The number of fused-ring (bicyclic) bond motifs is 1. The minimum atomic E-state index is -0.124. The van der Waals surface area contributed by atoms with Gasteiger partial charge in [-0.2, -0.15) is 10.4 Å². The standard InChI is InChI=1S/C22H20ClN5O/c1-28-13-17(12-26-28)27-20-9-22(19(23)8-16(20)11-25)29-21-4-2-3-15-7-14(10-24)5-6-18(15)21/h5-9,11-13,21,25,27H,2-4H2,1H3. The first-order valence-corrected chi connectivity index (χ1v) is 9.74. The Kier molecular flexibility index (Phi) is 5.24. The SMILES string of the molecule is Cn1cc(Nc2cc(OC3CCCc4cc(C#N)ccc43)c(Cl)cc2C=N)cn1. The Labute approximate surface area is 174 Å². The van der Waals surface area contributed by atoms with E-state index >= 15 is 0 Å². The van der Waals surface area contributed by atoms with E-state index in [9.17, 15) is 0 Å². The zero-order chi connectivity index (χ0) is 20.4. The molecule has 6 nitrogen and oxygen atoms in total. The number of hydrogen-bond donors (Lipinski definition) is 2. The largest absolute Gasteiger partial charge is 0.484 e. The third kappa shape index (κ3) is 3.96. The fourth-order valence-corrected chi connectivity index (χ4v) is 3.86. The lowest BCUT2D eigenvalue weighted by molar-refractivity contribution is 0.183. The van der Waals surface area contributed by atoms with Gasteiger partial charge in [-0.3, -0.25) is 4.68 Å². The lowest BCUT2D eigenvalue weighted by Crippen LogP contribution is -2.16. The molecule has 0 bridgehead atoms. The van der Waals surface area contributed by atoms with E-state index in [1.165, 1.54) is 6.21 Å². The maximum Gasteiger partial charge on any atom is 0.140 e. The van der Waals surface area contributed by atoms with Crippen molar-refractivity contribution in [3.63, 3.8) is 0 Å². The molecular weight excluding hydrogens is 386 g/mol. The first-order chi connectivity index (χ1) is 14.1. The average molecular weight is 406 g/mol. The summed E-state index contributed by atoms with van der Waals surface area (Å²) in [6.45, 7) is 0. The predicted molar refractivity (Wildman–Crippen MR) is 113 cm³/mol. The normalized spacial score (nSPS) is 15.3. The Balaban J connectivity index is 1.65. The zero-order valence-electron chi connectivity index (χ0n) is 15.9. The molecule has 0 amide bonds. The fourth-order valence-electron chi connectivity index (χ4n) is 3.64. The van der Waals surface area contributed by atoms with Crippen LogP contribution in [0.4, 0.5) is 11.4 Å². The number of aryl methyl sites for hydroxylation is 2. The van der Waals surface area contributed by atoms with E-state index in [0.29, 0.717) is 21.9 Å². The van der Waals surface area contributed by atoms with Gasteiger partial charge in [0, 0.05) is 31.1 Å². The number of benzene rings is 2. The average Bonchev–Trinajstić information content (AvgIpc) is 3.14. The molecule has 1 heterocycles. The van der Waals surface area contributed by atoms with Crippen LogP contribution in [0.15, 0.2) is 42.7 Å². The van der Waals surface area contributed by atoms with Crippen LogP contribution in [0.3, 0.4) is 0 Å². The number of hydrogen-bond acceptors (Lipinski definition) is 5. The first-order valence-electron chi connectivity index (χ1n) is 9.36. The number of halogens is 1. The van der Waals surface area contributed by atoms with Crippen LogP contribution in [-0.2, 0) is 13.5 Å². The van der Waals surface area contributed by atoms with Crippen molar-refractivity contribution in [1.82, 2.24) is 9.78 Å².